The second kappa shape index (κ2) is 4.52. The maximum Gasteiger partial charge on any atom is 0.171 e. The van der Waals surface area contributed by atoms with Crippen molar-refractivity contribution < 1.29 is 0 Å². The van der Waals surface area contributed by atoms with E-state index in [1.807, 2.05) is 0 Å². The van der Waals surface area contributed by atoms with Gasteiger partial charge in [0.15, 0.2) is 5.16 Å². The van der Waals surface area contributed by atoms with Crippen molar-refractivity contribution in [1.82, 2.24) is 19.9 Å². The van der Waals surface area contributed by atoms with Gasteiger partial charge in [0.1, 0.15) is 17.2 Å². The number of aromatic amines is 1. The van der Waals surface area contributed by atoms with Gasteiger partial charge in [0.25, 0.3) is 0 Å². The van der Waals surface area contributed by atoms with Crippen LogP contribution in [-0.2, 0) is 0 Å². The Balaban J connectivity index is 2.37. The molecule has 0 aliphatic rings. The van der Waals surface area contributed by atoms with Crippen molar-refractivity contribution in [1.29, 1.82) is 0 Å². The second-order valence-corrected chi connectivity index (χ2v) is 4.61. The van der Waals surface area contributed by atoms with Crippen molar-refractivity contribution >= 4 is 17.6 Å². The molecular weight excluding hydrogens is 222 g/mol. The Bertz CT molecular complexity index is 466. The summed E-state index contributed by atoms with van der Waals surface area (Å²) in [6.45, 7) is 4.14. The molecule has 0 unspecified atom stereocenters. The Morgan fingerprint density at radius 1 is 1.31 bits per heavy atom. The van der Waals surface area contributed by atoms with E-state index in [1.54, 1.807) is 12.4 Å². The summed E-state index contributed by atoms with van der Waals surface area (Å²) in [6, 6.07) is 0. The van der Waals surface area contributed by atoms with Crippen molar-refractivity contribution in [3.05, 3.63) is 24.3 Å². The van der Waals surface area contributed by atoms with Gasteiger partial charge in [-0.2, -0.15) is 0 Å². The van der Waals surface area contributed by atoms with Crippen LogP contribution in [-0.4, -0.2) is 19.9 Å². The van der Waals surface area contributed by atoms with E-state index >= 15 is 0 Å². The molecular formula is C10H13N5S. The Kier molecular flexibility index (Phi) is 3.09. The summed E-state index contributed by atoms with van der Waals surface area (Å²) in [6.07, 6.45) is 4.97. The molecule has 0 atom stereocenters. The molecule has 0 radical (unpaired) electrons. The molecule has 3 N–H and O–H groups in total. The van der Waals surface area contributed by atoms with Crippen molar-refractivity contribution in [3.63, 3.8) is 0 Å². The summed E-state index contributed by atoms with van der Waals surface area (Å²) in [5.74, 6) is 0.831. The molecule has 0 aliphatic carbocycles. The van der Waals surface area contributed by atoms with E-state index < -0.39 is 0 Å². The fourth-order valence-corrected chi connectivity index (χ4v) is 2.39. The van der Waals surface area contributed by atoms with Crippen LogP contribution >= 0.6 is 11.8 Å². The van der Waals surface area contributed by atoms with Crippen LogP contribution in [0.2, 0.25) is 0 Å². The van der Waals surface area contributed by atoms with Crippen molar-refractivity contribution in [2.75, 3.05) is 5.73 Å². The SMILES string of the molecule is CC(C)c1c(N)ncnc1Sc1ncc[nH]1. The van der Waals surface area contributed by atoms with Crippen molar-refractivity contribution in [2.24, 2.45) is 0 Å². The van der Waals surface area contributed by atoms with E-state index in [1.165, 1.54) is 18.1 Å². The molecule has 2 aromatic rings. The molecule has 0 spiro atoms. The normalized spacial score (nSPS) is 10.9. The molecule has 16 heavy (non-hydrogen) atoms. The molecule has 6 heteroatoms. The van der Waals surface area contributed by atoms with Crippen LogP contribution in [0.15, 0.2) is 28.9 Å². The Morgan fingerprint density at radius 2 is 2.12 bits per heavy atom. The first-order chi connectivity index (χ1) is 7.68. The van der Waals surface area contributed by atoms with Crippen LogP contribution in [0, 0.1) is 0 Å². The minimum Gasteiger partial charge on any atom is -0.383 e. The first-order valence-electron chi connectivity index (χ1n) is 4.96. The molecule has 0 aromatic carbocycles. The standard InChI is InChI=1S/C10H13N5S/c1-6(2)7-8(11)14-5-15-9(7)16-10-12-3-4-13-10/h3-6H,1-2H3,(H,12,13)(H2,11,14,15). The van der Waals surface area contributed by atoms with Gasteiger partial charge >= 0.3 is 0 Å². The Labute approximate surface area is 97.9 Å². The van der Waals surface area contributed by atoms with Crippen LogP contribution in [0.1, 0.15) is 25.3 Å². The zero-order valence-corrected chi connectivity index (χ0v) is 9.95. The van der Waals surface area contributed by atoms with Gasteiger partial charge in [0, 0.05) is 18.0 Å². The molecule has 0 amide bonds. The molecule has 0 saturated carbocycles. The van der Waals surface area contributed by atoms with E-state index in [-0.39, 0.29) is 0 Å². The molecule has 5 nitrogen and oxygen atoms in total. The third kappa shape index (κ3) is 2.16. The molecule has 0 fully saturated rings. The van der Waals surface area contributed by atoms with Crippen molar-refractivity contribution in [2.45, 2.75) is 29.9 Å². The maximum absolute atomic E-state index is 5.86. The topological polar surface area (TPSA) is 80.5 Å². The van der Waals surface area contributed by atoms with Crippen LogP contribution in [0.4, 0.5) is 5.82 Å². The maximum atomic E-state index is 5.86. The molecule has 84 valence electrons. The second-order valence-electron chi connectivity index (χ2n) is 3.63. The smallest absolute Gasteiger partial charge is 0.171 e. The number of H-pyrrole nitrogens is 1. The fraction of sp³-hybridized carbons (Fsp3) is 0.300. The predicted octanol–water partition coefficient (Wildman–Crippen LogP) is 2.06. The van der Waals surface area contributed by atoms with E-state index in [2.05, 4.69) is 33.8 Å². The lowest BCUT2D eigenvalue weighted by Gasteiger charge is -2.11. The molecule has 2 rings (SSSR count). The lowest BCUT2D eigenvalue weighted by molar-refractivity contribution is 0.807. The van der Waals surface area contributed by atoms with Gasteiger partial charge in [-0.3, -0.25) is 0 Å². The van der Waals surface area contributed by atoms with E-state index in [0.29, 0.717) is 11.7 Å². The highest BCUT2D eigenvalue weighted by atomic mass is 32.2. The third-order valence-electron chi connectivity index (χ3n) is 2.12. The number of anilines is 1. The number of nitrogen functional groups attached to an aromatic ring is 1. The highest BCUT2D eigenvalue weighted by Crippen LogP contribution is 2.32. The van der Waals surface area contributed by atoms with Gasteiger partial charge in [0.05, 0.1) is 0 Å². The van der Waals surface area contributed by atoms with Crippen LogP contribution in [0.5, 0.6) is 0 Å². The van der Waals surface area contributed by atoms with Crippen molar-refractivity contribution in [3.8, 4) is 0 Å². The van der Waals surface area contributed by atoms with Gasteiger partial charge < -0.3 is 10.7 Å². The van der Waals surface area contributed by atoms with E-state index in [0.717, 1.165) is 15.7 Å². The van der Waals surface area contributed by atoms with Gasteiger partial charge in [-0.25, -0.2) is 15.0 Å². The first kappa shape index (κ1) is 10.9. The number of nitrogens with two attached hydrogens (primary N) is 1. The Hall–Kier alpha value is -1.56. The highest BCUT2D eigenvalue weighted by molar-refractivity contribution is 7.99. The molecule has 0 aliphatic heterocycles. The van der Waals surface area contributed by atoms with Crippen LogP contribution in [0.25, 0.3) is 0 Å². The lowest BCUT2D eigenvalue weighted by atomic mass is 10.1. The average Bonchev–Trinajstić information content (AvgIpc) is 2.70. The summed E-state index contributed by atoms with van der Waals surface area (Å²) in [5.41, 5.74) is 6.83. The molecule has 0 bridgehead atoms. The summed E-state index contributed by atoms with van der Waals surface area (Å²) in [5, 5.41) is 1.66. The van der Waals surface area contributed by atoms with Gasteiger partial charge in [0.2, 0.25) is 0 Å². The van der Waals surface area contributed by atoms with E-state index in [4.69, 9.17) is 5.73 Å². The summed E-state index contributed by atoms with van der Waals surface area (Å²) < 4.78 is 0. The number of rotatable bonds is 3. The number of imidazole rings is 1. The summed E-state index contributed by atoms with van der Waals surface area (Å²) in [7, 11) is 0. The predicted molar refractivity (Wildman–Crippen MR) is 63.2 cm³/mol. The largest absolute Gasteiger partial charge is 0.383 e. The average molecular weight is 235 g/mol. The Morgan fingerprint density at radius 3 is 2.75 bits per heavy atom. The van der Waals surface area contributed by atoms with Crippen LogP contribution < -0.4 is 5.73 Å². The first-order valence-corrected chi connectivity index (χ1v) is 5.77. The summed E-state index contributed by atoms with van der Waals surface area (Å²) >= 11 is 1.47. The number of hydrogen-bond donors (Lipinski definition) is 2. The minimum atomic E-state index is 0.290. The zero-order chi connectivity index (χ0) is 11.5. The zero-order valence-electron chi connectivity index (χ0n) is 9.14. The number of hydrogen-bond acceptors (Lipinski definition) is 5. The number of nitrogens with one attached hydrogen (secondary N) is 1. The van der Waals surface area contributed by atoms with Crippen LogP contribution in [0.3, 0.4) is 0 Å². The highest BCUT2D eigenvalue weighted by Gasteiger charge is 2.14. The van der Waals surface area contributed by atoms with Gasteiger partial charge in [-0.1, -0.05) is 13.8 Å². The van der Waals surface area contributed by atoms with Gasteiger partial charge in [-0.05, 0) is 17.7 Å². The number of nitrogens with zero attached hydrogens (tertiary/aromatic N) is 3. The summed E-state index contributed by atoms with van der Waals surface area (Å²) in [4.78, 5) is 15.4. The lowest BCUT2D eigenvalue weighted by Crippen LogP contribution is -2.03. The fourth-order valence-electron chi connectivity index (χ4n) is 1.41. The number of aromatic nitrogens is 4. The molecule has 2 heterocycles. The monoisotopic (exact) mass is 235 g/mol. The molecule has 0 saturated heterocycles. The third-order valence-corrected chi connectivity index (χ3v) is 3.06. The quantitative estimate of drug-likeness (QED) is 0.796. The molecule has 2 aromatic heterocycles. The van der Waals surface area contributed by atoms with Gasteiger partial charge in [-0.15, -0.1) is 0 Å². The van der Waals surface area contributed by atoms with E-state index in [9.17, 15) is 0 Å². The minimum absolute atomic E-state index is 0.290.